The lowest BCUT2D eigenvalue weighted by atomic mass is 10.2. The van der Waals surface area contributed by atoms with Gasteiger partial charge in [0, 0.05) is 17.8 Å². The number of thioether (sulfide) groups is 1. The Morgan fingerprint density at radius 2 is 1.92 bits per heavy atom. The molecule has 8 heteroatoms. The van der Waals surface area contributed by atoms with Crippen molar-refractivity contribution in [3.8, 4) is 0 Å². The fourth-order valence-electron chi connectivity index (χ4n) is 2.86. The van der Waals surface area contributed by atoms with Crippen LogP contribution in [0.1, 0.15) is 6.42 Å². The molecular formula is C17H18N2O4S2. The van der Waals surface area contributed by atoms with Gasteiger partial charge < -0.3 is 10.1 Å². The monoisotopic (exact) mass is 378 g/mol. The highest BCUT2D eigenvalue weighted by Crippen LogP contribution is 2.26. The predicted octanol–water partition coefficient (Wildman–Crippen LogP) is 1.63. The summed E-state index contributed by atoms with van der Waals surface area (Å²) in [6.45, 7) is 0. The van der Waals surface area contributed by atoms with Gasteiger partial charge in [0.25, 0.3) is 5.03 Å². The van der Waals surface area contributed by atoms with Crippen molar-refractivity contribution < 1.29 is 17.9 Å². The van der Waals surface area contributed by atoms with Crippen LogP contribution < -0.4 is 9.63 Å². The van der Waals surface area contributed by atoms with Gasteiger partial charge in [0.15, 0.2) is 16.0 Å². The Morgan fingerprint density at radius 1 is 1.20 bits per heavy atom. The summed E-state index contributed by atoms with van der Waals surface area (Å²) in [6.07, 6.45) is 1.81. The van der Waals surface area contributed by atoms with Gasteiger partial charge >= 0.3 is 0 Å². The highest BCUT2D eigenvalue weighted by molar-refractivity contribution is 7.99. The molecular weight excluding hydrogens is 360 g/mol. The zero-order valence-electron chi connectivity index (χ0n) is 13.4. The van der Waals surface area contributed by atoms with Crippen LogP contribution in [0.15, 0.2) is 59.8 Å². The van der Waals surface area contributed by atoms with Gasteiger partial charge in [0.2, 0.25) is 5.91 Å². The Morgan fingerprint density at radius 3 is 2.56 bits per heavy atom. The summed E-state index contributed by atoms with van der Waals surface area (Å²) in [4.78, 5) is 14.4. The molecule has 1 amide bonds. The number of anilines is 1. The zero-order valence-corrected chi connectivity index (χ0v) is 15.1. The Labute approximate surface area is 151 Å². The molecule has 1 saturated heterocycles. The van der Waals surface area contributed by atoms with Crippen molar-refractivity contribution in [1.82, 2.24) is 0 Å². The molecule has 1 fully saturated rings. The molecule has 0 bridgehead atoms. The molecule has 2 heterocycles. The summed E-state index contributed by atoms with van der Waals surface area (Å²) in [6, 6.07) is 13.7. The average Bonchev–Trinajstić information content (AvgIpc) is 2.95. The minimum atomic E-state index is -3.11. The van der Waals surface area contributed by atoms with Crippen molar-refractivity contribution in [3.63, 3.8) is 0 Å². The number of para-hydroxylation sites is 1. The number of carbonyl (C=O) groups excluding carboxylic acids is 1. The van der Waals surface area contributed by atoms with Crippen LogP contribution in [0.4, 0.5) is 5.69 Å². The third kappa shape index (κ3) is 4.32. The van der Waals surface area contributed by atoms with Crippen LogP contribution in [0.5, 0.6) is 0 Å². The predicted molar refractivity (Wildman–Crippen MR) is 97.1 cm³/mol. The number of nitrogens with zero attached hydrogens (tertiary/aromatic N) is 2. The van der Waals surface area contributed by atoms with Crippen LogP contribution in [0.25, 0.3) is 0 Å². The maximum Gasteiger partial charge on any atom is 0.251 e. The molecule has 3 rings (SSSR count). The fourth-order valence-corrected chi connectivity index (χ4v) is 5.33. The molecule has 2 aromatic rings. The van der Waals surface area contributed by atoms with Crippen molar-refractivity contribution in [2.24, 2.45) is 0 Å². The summed E-state index contributed by atoms with van der Waals surface area (Å²) < 4.78 is 24.4. The van der Waals surface area contributed by atoms with E-state index in [9.17, 15) is 18.4 Å². The summed E-state index contributed by atoms with van der Waals surface area (Å²) in [5, 5.41) is 12.1. The van der Waals surface area contributed by atoms with Gasteiger partial charge in [-0.05, 0) is 36.4 Å². The van der Waals surface area contributed by atoms with Gasteiger partial charge in [-0.3, -0.25) is 4.79 Å². The number of hydrogen-bond donors (Lipinski definition) is 0. The molecule has 1 atom stereocenters. The number of rotatable bonds is 5. The SMILES string of the molecule is O=C(CSc1cccc[n+]1[O-])N(c1ccccc1)[C@@H]1CCS(=O)(=O)C1. The van der Waals surface area contributed by atoms with Crippen molar-refractivity contribution in [2.45, 2.75) is 17.5 Å². The van der Waals surface area contributed by atoms with E-state index in [0.29, 0.717) is 21.9 Å². The van der Waals surface area contributed by atoms with E-state index < -0.39 is 9.84 Å². The highest BCUT2D eigenvalue weighted by atomic mass is 32.2. The summed E-state index contributed by atoms with van der Waals surface area (Å²) in [7, 11) is -3.11. The fraction of sp³-hybridized carbons (Fsp3) is 0.294. The van der Waals surface area contributed by atoms with Crippen LogP contribution in [-0.4, -0.2) is 37.6 Å². The van der Waals surface area contributed by atoms with E-state index in [4.69, 9.17) is 0 Å². The van der Waals surface area contributed by atoms with Crippen LogP contribution in [0, 0.1) is 5.21 Å². The quantitative estimate of drug-likeness (QED) is 0.449. The van der Waals surface area contributed by atoms with E-state index >= 15 is 0 Å². The number of hydrogen-bond acceptors (Lipinski definition) is 5. The molecule has 1 aromatic heterocycles. The van der Waals surface area contributed by atoms with Crippen LogP contribution in [0.2, 0.25) is 0 Å². The first-order valence-corrected chi connectivity index (χ1v) is 10.7. The van der Waals surface area contributed by atoms with E-state index in [2.05, 4.69) is 0 Å². The number of pyridine rings is 1. The minimum Gasteiger partial charge on any atom is -0.618 e. The largest absolute Gasteiger partial charge is 0.618 e. The van der Waals surface area contributed by atoms with Crippen LogP contribution >= 0.6 is 11.8 Å². The standard InChI is InChI=1S/C17H18N2O4S2/c20-16(12-24-17-8-4-5-10-18(17)21)19(14-6-2-1-3-7-14)15-9-11-25(22,23)13-15/h1-8,10,15H,9,11-13H2/t15-/m1/s1. The Hall–Kier alpha value is -2.06. The Kier molecular flexibility index (Phi) is 5.29. The summed E-state index contributed by atoms with van der Waals surface area (Å²) in [5.74, 6) is -0.0639. The highest BCUT2D eigenvalue weighted by Gasteiger charge is 2.35. The average molecular weight is 378 g/mol. The van der Waals surface area contributed by atoms with Gasteiger partial charge in [-0.25, -0.2) is 8.42 Å². The molecule has 6 nitrogen and oxygen atoms in total. The maximum absolute atomic E-state index is 12.8. The number of carbonyl (C=O) groups is 1. The Balaban J connectivity index is 1.79. The minimum absolute atomic E-state index is 0.0226. The molecule has 0 aliphatic carbocycles. The van der Waals surface area contributed by atoms with Gasteiger partial charge in [0.05, 0.1) is 23.3 Å². The van der Waals surface area contributed by atoms with Crippen molar-refractivity contribution in [3.05, 3.63) is 59.9 Å². The zero-order chi connectivity index (χ0) is 17.9. The van der Waals surface area contributed by atoms with E-state index in [0.717, 1.165) is 11.8 Å². The van der Waals surface area contributed by atoms with E-state index in [1.165, 1.54) is 6.20 Å². The first kappa shape index (κ1) is 17.8. The molecule has 0 N–H and O–H groups in total. The molecule has 0 radical (unpaired) electrons. The summed E-state index contributed by atoms with van der Waals surface area (Å²) in [5.41, 5.74) is 0.679. The molecule has 0 unspecified atom stereocenters. The molecule has 1 aliphatic heterocycles. The second-order valence-corrected chi connectivity index (χ2v) is 9.03. The van der Waals surface area contributed by atoms with Gasteiger partial charge in [0.1, 0.15) is 0 Å². The molecule has 132 valence electrons. The molecule has 25 heavy (non-hydrogen) atoms. The Bertz CT molecular complexity index is 856. The van der Waals surface area contributed by atoms with E-state index in [1.54, 1.807) is 35.2 Å². The third-order valence-electron chi connectivity index (χ3n) is 4.01. The normalized spacial score (nSPS) is 18.8. The number of sulfone groups is 1. The smallest absolute Gasteiger partial charge is 0.251 e. The lowest BCUT2D eigenvalue weighted by Crippen LogP contribution is -2.42. The summed E-state index contributed by atoms with van der Waals surface area (Å²) >= 11 is 1.15. The van der Waals surface area contributed by atoms with Crippen molar-refractivity contribution in [1.29, 1.82) is 0 Å². The number of benzene rings is 1. The molecule has 1 aliphatic rings. The lowest BCUT2D eigenvalue weighted by Gasteiger charge is -2.28. The van der Waals surface area contributed by atoms with Gasteiger partial charge in [-0.15, -0.1) is 0 Å². The first-order valence-electron chi connectivity index (χ1n) is 7.85. The van der Waals surface area contributed by atoms with Crippen molar-refractivity contribution >= 4 is 33.2 Å². The lowest BCUT2D eigenvalue weighted by molar-refractivity contribution is -0.645. The topological polar surface area (TPSA) is 81.4 Å². The molecule has 0 spiro atoms. The second kappa shape index (κ2) is 7.45. The number of aromatic nitrogens is 1. The third-order valence-corrected chi connectivity index (χ3v) is 6.76. The van der Waals surface area contributed by atoms with Crippen LogP contribution in [0.3, 0.4) is 0 Å². The first-order chi connectivity index (χ1) is 12.0. The van der Waals surface area contributed by atoms with Gasteiger partial charge in [-0.1, -0.05) is 18.2 Å². The second-order valence-electron chi connectivity index (χ2n) is 5.81. The van der Waals surface area contributed by atoms with Gasteiger partial charge in [-0.2, -0.15) is 4.73 Å². The molecule has 1 aromatic carbocycles. The maximum atomic E-state index is 12.8. The number of amides is 1. The van der Waals surface area contributed by atoms with E-state index in [1.807, 2.05) is 18.2 Å². The van der Waals surface area contributed by atoms with Crippen molar-refractivity contribution in [2.75, 3.05) is 22.2 Å². The van der Waals surface area contributed by atoms with E-state index in [-0.39, 0.29) is 29.2 Å². The van der Waals surface area contributed by atoms with Crippen LogP contribution in [-0.2, 0) is 14.6 Å². The molecule has 0 saturated carbocycles.